The summed E-state index contributed by atoms with van der Waals surface area (Å²) < 4.78 is 0. The highest BCUT2D eigenvalue weighted by Crippen LogP contribution is 2.55. The molecule has 0 spiro atoms. The molecule has 67 heavy (non-hydrogen) atoms. The topological polar surface area (TPSA) is 3.24 Å². The van der Waals surface area contributed by atoms with E-state index < -0.39 is 0 Å². The molecule has 0 aliphatic heterocycles. The van der Waals surface area contributed by atoms with Crippen LogP contribution in [0.1, 0.15) is 23.6 Å². The highest BCUT2D eigenvalue weighted by Gasteiger charge is 2.41. The highest BCUT2D eigenvalue weighted by molar-refractivity contribution is 5.98. The van der Waals surface area contributed by atoms with Crippen LogP contribution in [-0.2, 0) is 5.41 Å². The van der Waals surface area contributed by atoms with E-state index in [-0.39, 0.29) is 5.41 Å². The summed E-state index contributed by atoms with van der Waals surface area (Å²) in [5.74, 6) is 0. The Morgan fingerprint density at radius 1 is 0.299 bits per heavy atom. The Morgan fingerprint density at radius 2 is 0.746 bits per heavy atom. The maximum Gasteiger partial charge on any atom is 0.0540 e. The molecule has 1 aliphatic carbocycles. The van der Waals surface area contributed by atoms with Crippen LogP contribution in [0, 0.1) is 0 Å². The smallest absolute Gasteiger partial charge is 0.0540 e. The van der Waals surface area contributed by atoms with Crippen molar-refractivity contribution in [2.75, 3.05) is 4.90 Å². The fraction of sp³-hybridized carbons (Fsp3) is 0.0303. The number of para-hydroxylation sites is 1. The minimum atomic E-state index is -0.258. The van der Waals surface area contributed by atoms with Crippen molar-refractivity contribution in [2.45, 2.75) is 12.3 Å². The number of fused-ring (bicyclic) bond motifs is 4. The fourth-order valence-electron chi connectivity index (χ4n) is 10.6. The largest absolute Gasteiger partial charge is 0.310 e. The first-order chi connectivity index (χ1) is 33.1. The van der Waals surface area contributed by atoms with E-state index in [9.17, 15) is 0 Å². The molecule has 1 atom stereocenters. The predicted octanol–water partition coefficient (Wildman–Crippen LogP) is 18.0. The van der Waals surface area contributed by atoms with Gasteiger partial charge < -0.3 is 4.90 Å². The molecule has 0 bridgehead atoms. The highest BCUT2D eigenvalue weighted by atomic mass is 15.1. The summed E-state index contributed by atoms with van der Waals surface area (Å²) in [5, 5.41) is 2.51. The van der Waals surface area contributed by atoms with Gasteiger partial charge in [0.2, 0.25) is 0 Å². The minimum absolute atomic E-state index is 0.258. The van der Waals surface area contributed by atoms with E-state index in [1.54, 1.807) is 0 Å². The van der Waals surface area contributed by atoms with Crippen LogP contribution in [0.25, 0.3) is 77.5 Å². The van der Waals surface area contributed by atoms with Crippen LogP contribution in [0.5, 0.6) is 0 Å². The first-order valence-electron chi connectivity index (χ1n) is 23.2. The summed E-state index contributed by atoms with van der Waals surface area (Å²) in [6.07, 6.45) is 0. The summed E-state index contributed by atoms with van der Waals surface area (Å²) in [6.45, 7) is 2.39. The number of benzene rings is 11. The molecule has 11 aromatic rings. The van der Waals surface area contributed by atoms with Crippen molar-refractivity contribution in [1.29, 1.82) is 0 Å². The van der Waals surface area contributed by atoms with Gasteiger partial charge in [0.15, 0.2) is 0 Å². The molecule has 316 valence electrons. The maximum absolute atomic E-state index is 2.42. The zero-order chi connectivity index (χ0) is 44.7. The number of hydrogen-bond donors (Lipinski definition) is 0. The first-order valence-corrected chi connectivity index (χ1v) is 23.2. The van der Waals surface area contributed by atoms with Crippen molar-refractivity contribution in [3.63, 3.8) is 0 Å². The fourth-order valence-corrected chi connectivity index (χ4v) is 10.6. The summed E-state index contributed by atoms with van der Waals surface area (Å²) in [5.41, 5.74) is 21.7. The van der Waals surface area contributed by atoms with Crippen LogP contribution in [0.3, 0.4) is 0 Å². The molecule has 0 saturated carbocycles. The van der Waals surface area contributed by atoms with Crippen molar-refractivity contribution in [2.24, 2.45) is 0 Å². The lowest BCUT2D eigenvalue weighted by Crippen LogP contribution is -2.22. The Kier molecular flexibility index (Phi) is 10.0. The Balaban J connectivity index is 0.959. The molecule has 0 N–H and O–H groups in total. The lowest BCUT2D eigenvalue weighted by atomic mass is 9.74. The van der Waals surface area contributed by atoms with Gasteiger partial charge in [-0.3, -0.25) is 0 Å². The number of anilines is 3. The molecule has 0 heterocycles. The third-order valence-corrected chi connectivity index (χ3v) is 14.0. The molecule has 1 nitrogen and oxygen atoms in total. The van der Waals surface area contributed by atoms with Gasteiger partial charge in [0, 0.05) is 22.4 Å². The molecule has 0 fully saturated rings. The summed E-state index contributed by atoms with van der Waals surface area (Å²) in [4.78, 5) is 2.42. The number of hydrogen-bond acceptors (Lipinski definition) is 1. The zero-order valence-electron chi connectivity index (χ0n) is 37.4. The van der Waals surface area contributed by atoms with Crippen LogP contribution < -0.4 is 4.90 Å². The quantitative estimate of drug-likeness (QED) is 0.140. The molecular formula is C66H47N. The van der Waals surface area contributed by atoms with E-state index >= 15 is 0 Å². The Morgan fingerprint density at radius 3 is 1.48 bits per heavy atom. The molecule has 0 aromatic heterocycles. The molecule has 1 heteroatoms. The van der Waals surface area contributed by atoms with Crippen LogP contribution in [-0.4, -0.2) is 0 Å². The first kappa shape index (κ1) is 40.0. The Labute approximate surface area is 393 Å². The van der Waals surface area contributed by atoms with Crippen LogP contribution >= 0.6 is 0 Å². The summed E-state index contributed by atoms with van der Waals surface area (Å²) >= 11 is 0. The molecule has 1 unspecified atom stereocenters. The molecule has 0 radical (unpaired) electrons. The van der Waals surface area contributed by atoms with Gasteiger partial charge in [-0.15, -0.1) is 0 Å². The van der Waals surface area contributed by atoms with Gasteiger partial charge in [-0.25, -0.2) is 0 Å². The molecule has 0 amide bonds. The lowest BCUT2D eigenvalue weighted by Gasteiger charge is -2.29. The van der Waals surface area contributed by atoms with Crippen molar-refractivity contribution >= 4 is 27.8 Å². The van der Waals surface area contributed by atoms with Gasteiger partial charge in [-0.05, 0) is 132 Å². The van der Waals surface area contributed by atoms with E-state index in [2.05, 4.69) is 279 Å². The van der Waals surface area contributed by atoms with Gasteiger partial charge in [0.05, 0.1) is 5.69 Å². The molecule has 0 saturated heterocycles. The zero-order valence-corrected chi connectivity index (χ0v) is 37.4. The maximum atomic E-state index is 2.42. The van der Waals surface area contributed by atoms with Gasteiger partial charge in [0.25, 0.3) is 0 Å². The van der Waals surface area contributed by atoms with E-state index in [1.165, 1.54) is 83.1 Å². The Hall–Kier alpha value is -8.52. The average molecular weight is 854 g/mol. The van der Waals surface area contributed by atoms with E-state index in [0.717, 1.165) is 28.2 Å². The second-order valence-corrected chi connectivity index (χ2v) is 17.8. The SMILES string of the molecule is CC1(c2ccccc2)c2ccccc2-c2c(-c3ccc(N(c4ccc(-c5cccc(-c6ccccc6)c5)cc4)c4ccccc4-c4ccc(-c5cccc6ccccc56)cc4)cc3)cccc21. The molecule has 1 aliphatic rings. The minimum Gasteiger partial charge on any atom is -0.310 e. The monoisotopic (exact) mass is 853 g/mol. The molecule has 12 rings (SSSR count). The molecule has 11 aromatic carbocycles. The van der Waals surface area contributed by atoms with Crippen molar-refractivity contribution in [3.8, 4) is 66.8 Å². The van der Waals surface area contributed by atoms with Crippen LogP contribution in [0.2, 0.25) is 0 Å². The Bertz CT molecular complexity index is 3550. The van der Waals surface area contributed by atoms with Gasteiger partial charge in [-0.2, -0.15) is 0 Å². The summed E-state index contributed by atoms with van der Waals surface area (Å²) in [7, 11) is 0. The standard InChI is InChI=1S/C66H47N/c1-66(54-23-6-3-7-24-54)62-30-12-10-27-61(62)65-60(29-16-31-63(65)66)51-39-43-56(44-40-51)67(55-41-37-47(38-42-55)53-22-14-21-52(45-53)46-17-4-2-5-18-46)64-32-13-11-26-59(64)50-35-33-49(34-36-50)58-28-15-20-48-19-8-9-25-57(48)58/h2-45H,1H3. The average Bonchev–Trinajstić information content (AvgIpc) is 3.68. The van der Waals surface area contributed by atoms with Gasteiger partial charge >= 0.3 is 0 Å². The van der Waals surface area contributed by atoms with Crippen molar-refractivity contribution in [1.82, 2.24) is 0 Å². The lowest BCUT2D eigenvalue weighted by molar-refractivity contribution is 0.714. The third-order valence-electron chi connectivity index (χ3n) is 14.0. The van der Waals surface area contributed by atoms with Crippen molar-refractivity contribution in [3.05, 3.63) is 284 Å². The van der Waals surface area contributed by atoms with E-state index in [1.807, 2.05) is 0 Å². The number of rotatable bonds is 9. The third kappa shape index (κ3) is 7.04. The molecular weight excluding hydrogens is 807 g/mol. The van der Waals surface area contributed by atoms with E-state index in [0.29, 0.717) is 0 Å². The second-order valence-electron chi connectivity index (χ2n) is 17.8. The van der Waals surface area contributed by atoms with Crippen LogP contribution in [0.15, 0.2) is 267 Å². The number of nitrogens with zero attached hydrogens (tertiary/aromatic N) is 1. The van der Waals surface area contributed by atoms with Crippen LogP contribution in [0.4, 0.5) is 17.1 Å². The second kappa shape index (κ2) is 16.8. The van der Waals surface area contributed by atoms with Crippen molar-refractivity contribution < 1.29 is 0 Å². The van der Waals surface area contributed by atoms with E-state index in [4.69, 9.17) is 0 Å². The van der Waals surface area contributed by atoms with Gasteiger partial charge in [-0.1, -0.05) is 231 Å². The predicted molar refractivity (Wildman–Crippen MR) is 283 cm³/mol. The van der Waals surface area contributed by atoms with Gasteiger partial charge in [0.1, 0.15) is 0 Å². The normalized spacial score (nSPS) is 13.8. The summed E-state index contributed by atoms with van der Waals surface area (Å²) in [6, 6.07) is 97.6.